The van der Waals surface area contributed by atoms with E-state index in [0.29, 0.717) is 5.69 Å². The topological polar surface area (TPSA) is 78.5 Å². The minimum atomic E-state index is -3.63. The van der Waals surface area contributed by atoms with Gasteiger partial charge in [-0.05, 0) is 42.5 Å². The lowest BCUT2D eigenvalue weighted by Gasteiger charge is -2.18. The Kier molecular flexibility index (Phi) is 5.17. The van der Waals surface area contributed by atoms with E-state index in [0.717, 1.165) is 30.1 Å². The molecule has 0 unspecified atom stereocenters. The molecule has 6 nitrogen and oxygen atoms in total. The van der Waals surface area contributed by atoms with Gasteiger partial charge in [0.2, 0.25) is 5.91 Å². The molecule has 8 heteroatoms. The first kappa shape index (κ1) is 16.9. The number of rotatable bonds is 6. The molecule has 0 atom stereocenters. The summed E-state index contributed by atoms with van der Waals surface area (Å²) in [5.41, 5.74) is 1.74. The Balaban J connectivity index is 1.58. The third-order valence-electron chi connectivity index (χ3n) is 3.78. The number of hydrogen-bond donors (Lipinski definition) is 2. The molecule has 0 aliphatic carbocycles. The zero-order valence-corrected chi connectivity index (χ0v) is 14.7. The van der Waals surface area contributed by atoms with E-state index in [1.54, 1.807) is 17.5 Å². The predicted molar refractivity (Wildman–Crippen MR) is 96.0 cm³/mol. The Labute approximate surface area is 145 Å². The van der Waals surface area contributed by atoms with Gasteiger partial charge in [0.05, 0.1) is 6.54 Å². The fourth-order valence-corrected chi connectivity index (χ4v) is 4.63. The second kappa shape index (κ2) is 7.33. The van der Waals surface area contributed by atoms with Crippen LogP contribution in [0, 0.1) is 0 Å². The minimum absolute atomic E-state index is 0.200. The molecule has 1 amide bonds. The molecule has 128 valence electrons. The summed E-state index contributed by atoms with van der Waals surface area (Å²) in [5, 5.41) is 4.41. The summed E-state index contributed by atoms with van der Waals surface area (Å²) in [7, 11) is -3.63. The van der Waals surface area contributed by atoms with Crippen molar-refractivity contribution in [1.29, 1.82) is 0 Å². The molecule has 1 fully saturated rings. The summed E-state index contributed by atoms with van der Waals surface area (Å²) in [5.74, 6) is -0.395. The Hall–Kier alpha value is -1.90. The number of nitrogens with one attached hydrogen (secondary N) is 2. The number of amides is 1. The van der Waals surface area contributed by atoms with Crippen molar-refractivity contribution in [2.24, 2.45) is 0 Å². The molecule has 1 aromatic carbocycles. The zero-order valence-electron chi connectivity index (χ0n) is 13.1. The predicted octanol–water partition coefficient (Wildman–Crippen LogP) is 2.27. The third-order valence-corrected chi connectivity index (χ3v) is 6.58. The smallest absolute Gasteiger partial charge is 0.250 e. The van der Waals surface area contributed by atoms with Gasteiger partial charge in [0, 0.05) is 24.5 Å². The van der Waals surface area contributed by atoms with Crippen molar-refractivity contribution in [3.05, 3.63) is 41.8 Å². The molecular formula is C16H19N3O3S2. The van der Waals surface area contributed by atoms with E-state index in [1.807, 2.05) is 18.2 Å². The van der Waals surface area contributed by atoms with E-state index < -0.39 is 15.9 Å². The maximum Gasteiger partial charge on any atom is 0.250 e. The SMILES string of the molecule is O=C(CNS(=O)(=O)c1cccs1)Nc1cccc(N2CCCC2)c1. The molecule has 0 radical (unpaired) electrons. The lowest BCUT2D eigenvalue weighted by molar-refractivity contribution is -0.115. The molecule has 1 aromatic heterocycles. The summed E-state index contributed by atoms with van der Waals surface area (Å²) in [6.07, 6.45) is 2.36. The highest BCUT2D eigenvalue weighted by atomic mass is 32.2. The van der Waals surface area contributed by atoms with Crippen LogP contribution in [-0.2, 0) is 14.8 Å². The molecule has 1 aliphatic heterocycles. The highest BCUT2D eigenvalue weighted by Crippen LogP contribution is 2.23. The first-order valence-electron chi connectivity index (χ1n) is 7.73. The van der Waals surface area contributed by atoms with Crippen molar-refractivity contribution in [3.8, 4) is 0 Å². The van der Waals surface area contributed by atoms with Crippen LogP contribution in [0.5, 0.6) is 0 Å². The van der Waals surface area contributed by atoms with Gasteiger partial charge in [0.1, 0.15) is 4.21 Å². The van der Waals surface area contributed by atoms with Gasteiger partial charge in [0.25, 0.3) is 10.0 Å². The minimum Gasteiger partial charge on any atom is -0.371 e. The number of thiophene rings is 1. The number of carbonyl (C=O) groups is 1. The van der Waals surface area contributed by atoms with Gasteiger partial charge in [-0.25, -0.2) is 13.1 Å². The molecule has 2 heterocycles. The van der Waals surface area contributed by atoms with Crippen LogP contribution in [0.25, 0.3) is 0 Å². The van der Waals surface area contributed by atoms with Crippen LogP contribution in [0.4, 0.5) is 11.4 Å². The maximum absolute atomic E-state index is 12.0. The van der Waals surface area contributed by atoms with Crippen LogP contribution in [-0.4, -0.2) is 34.0 Å². The van der Waals surface area contributed by atoms with E-state index in [-0.39, 0.29) is 10.8 Å². The van der Waals surface area contributed by atoms with Gasteiger partial charge < -0.3 is 10.2 Å². The number of carbonyl (C=O) groups excluding carboxylic acids is 1. The quantitative estimate of drug-likeness (QED) is 0.823. The van der Waals surface area contributed by atoms with E-state index >= 15 is 0 Å². The summed E-state index contributed by atoms with van der Waals surface area (Å²) in [6, 6.07) is 10.8. The van der Waals surface area contributed by atoms with Gasteiger partial charge in [-0.2, -0.15) is 0 Å². The lowest BCUT2D eigenvalue weighted by atomic mass is 10.2. The molecular weight excluding hydrogens is 346 g/mol. The first-order chi connectivity index (χ1) is 11.5. The second-order valence-electron chi connectivity index (χ2n) is 5.55. The van der Waals surface area contributed by atoms with Gasteiger partial charge in [-0.1, -0.05) is 12.1 Å². The van der Waals surface area contributed by atoms with Crippen LogP contribution in [0.15, 0.2) is 46.0 Å². The van der Waals surface area contributed by atoms with Crippen molar-refractivity contribution in [3.63, 3.8) is 0 Å². The average molecular weight is 365 g/mol. The van der Waals surface area contributed by atoms with Crippen LogP contribution in [0.2, 0.25) is 0 Å². The number of sulfonamides is 1. The molecule has 1 aliphatic rings. The van der Waals surface area contributed by atoms with Crippen molar-refractivity contribution in [2.45, 2.75) is 17.1 Å². The van der Waals surface area contributed by atoms with Gasteiger partial charge in [-0.3, -0.25) is 4.79 Å². The zero-order chi connectivity index (χ0) is 17.0. The van der Waals surface area contributed by atoms with Crippen molar-refractivity contribution in [1.82, 2.24) is 4.72 Å². The molecule has 2 N–H and O–H groups in total. The number of hydrogen-bond acceptors (Lipinski definition) is 5. The molecule has 1 saturated heterocycles. The van der Waals surface area contributed by atoms with Crippen LogP contribution in [0.1, 0.15) is 12.8 Å². The molecule has 0 spiro atoms. The van der Waals surface area contributed by atoms with Crippen molar-refractivity contribution < 1.29 is 13.2 Å². The number of nitrogens with zero attached hydrogens (tertiary/aromatic N) is 1. The summed E-state index contributed by atoms with van der Waals surface area (Å²) >= 11 is 1.11. The molecule has 3 rings (SSSR count). The van der Waals surface area contributed by atoms with E-state index in [1.165, 1.54) is 18.9 Å². The van der Waals surface area contributed by atoms with E-state index in [9.17, 15) is 13.2 Å². The van der Waals surface area contributed by atoms with Gasteiger partial charge in [-0.15, -0.1) is 11.3 Å². The van der Waals surface area contributed by atoms with Crippen molar-refractivity contribution >= 4 is 38.6 Å². The van der Waals surface area contributed by atoms with Gasteiger partial charge in [0.15, 0.2) is 0 Å². The Morgan fingerprint density at radius 1 is 1.17 bits per heavy atom. The van der Waals surface area contributed by atoms with E-state index in [4.69, 9.17) is 0 Å². The second-order valence-corrected chi connectivity index (χ2v) is 8.49. The molecule has 0 saturated carbocycles. The summed E-state index contributed by atoms with van der Waals surface area (Å²) < 4.78 is 26.5. The maximum atomic E-state index is 12.0. The first-order valence-corrected chi connectivity index (χ1v) is 10.1. The van der Waals surface area contributed by atoms with Gasteiger partial charge >= 0.3 is 0 Å². The Bertz CT molecular complexity index is 798. The standard InChI is InChI=1S/C16H19N3O3S2/c20-15(12-17-24(21,22)16-7-4-10-23-16)18-13-5-3-6-14(11-13)19-8-1-2-9-19/h3-7,10-11,17H,1-2,8-9,12H2,(H,18,20). The molecule has 0 bridgehead atoms. The molecule has 24 heavy (non-hydrogen) atoms. The Morgan fingerprint density at radius 2 is 1.96 bits per heavy atom. The highest BCUT2D eigenvalue weighted by molar-refractivity contribution is 7.91. The average Bonchev–Trinajstić information content (AvgIpc) is 3.26. The fraction of sp³-hybridized carbons (Fsp3) is 0.312. The number of anilines is 2. The lowest BCUT2D eigenvalue weighted by Crippen LogP contribution is -2.32. The van der Waals surface area contributed by atoms with E-state index in [2.05, 4.69) is 14.9 Å². The number of benzene rings is 1. The monoisotopic (exact) mass is 365 g/mol. The van der Waals surface area contributed by atoms with Crippen molar-refractivity contribution in [2.75, 3.05) is 29.9 Å². The fourth-order valence-electron chi connectivity index (χ4n) is 2.61. The highest BCUT2D eigenvalue weighted by Gasteiger charge is 2.17. The summed E-state index contributed by atoms with van der Waals surface area (Å²) in [6.45, 7) is 1.75. The van der Waals surface area contributed by atoms with Crippen LogP contribution in [0.3, 0.4) is 0 Å². The van der Waals surface area contributed by atoms with Crippen LogP contribution < -0.4 is 14.9 Å². The third kappa shape index (κ3) is 4.14. The normalized spacial score (nSPS) is 14.8. The van der Waals surface area contributed by atoms with Crippen LogP contribution >= 0.6 is 11.3 Å². The molecule has 2 aromatic rings. The Morgan fingerprint density at radius 3 is 2.67 bits per heavy atom. The largest absolute Gasteiger partial charge is 0.371 e. The summed E-state index contributed by atoms with van der Waals surface area (Å²) in [4.78, 5) is 14.3.